The molecule has 0 bridgehead atoms. The number of carbonyl (C=O) groups is 2. The molecule has 2 amide bonds. The summed E-state index contributed by atoms with van der Waals surface area (Å²) < 4.78 is 6.84. The maximum absolute atomic E-state index is 12.6. The monoisotopic (exact) mass is 452 g/mol. The Hall–Kier alpha value is -3.12. The van der Waals surface area contributed by atoms with Gasteiger partial charge in [-0.25, -0.2) is 0 Å². The van der Waals surface area contributed by atoms with Crippen LogP contribution in [0.5, 0.6) is 0 Å². The molecule has 0 unspecified atom stereocenters. The lowest BCUT2D eigenvalue weighted by Crippen LogP contribution is -2.34. The second-order valence-electron chi connectivity index (χ2n) is 6.79. The number of rotatable bonds is 5. The van der Waals surface area contributed by atoms with Gasteiger partial charge in [0.15, 0.2) is 0 Å². The van der Waals surface area contributed by atoms with E-state index >= 15 is 0 Å². The molecule has 0 aliphatic rings. The zero-order chi connectivity index (χ0) is 21.0. The van der Waals surface area contributed by atoms with Crippen molar-refractivity contribution in [2.75, 3.05) is 14.1 Å². The number of furan rings is 1. The Balaban J connectivity index is 1.87. The Bertz CT molecular complexity index is 1050. The summed E-state index contributed by atoms with van der Waals surface area (Å²) in [4.78, 5) is 26.6. The Morgan fingerprint density at radius 1 is 0.966 bits per heavy atom. The summed E-state index contributed by atoms with van der Waals surface area (Å²) in [7, 11) is 3.26. The average Bonchev–Trinajstić information content (AvgIpc) is 3.16. The Morgan fingerprint density at radius 2 is 1.62 bits per heavy atom. The first-order valence-electron chi connectivity index (χ1n) is 9.00. The SMILES string of the molecule is Cc1ccc(C(=O)N/C(=C\c2ccc(-c3ccc(Br)cc3)o2)C(=O)N(C)C)cc1. The largest absolute Gasteiger partial charge is 0.457 e. The molecule has 6 heteroatoms. The molecule has 29 heavy (non-hydrogen) atoms. The number of hydrogen-bond donors (Lipinski definition) is 1. The molecule has 3 aromatic rings. The average molecular weight is 453 g/mol. The van der Waals surface area contributed by atoms with Gasteiger partial charge in [-0.15, -0.1) is 0 Å². The topological polar surface area (TPSA) is 62.6 Å². The lowest BCUT2D eigenvalue weighted by Gasteiger charge is -2.14. The van der Waals surface area contributed by atoms with Crippen LogP contribution in [0.25, 0.3) is 17.4 Å². The van der Waals surface area contributed by atoms with Crippen LogP contribution in [0, 0.1) is 6.92 Å². The van der Waals surface area contributed by atoms with Crippen LogP contribution in [0.1, 0.15) is 21.7 Å². The molecular weight excluding hydrogens is 432 g/mol. The van der Waals surface area contributed by atoms with Crippen molar-refractivity contribution in [3.63, 3.8) is 0 Å². The third-order valence-corrected chi connectivity index (χ3v) is 4.77. The number of hydrogen-bond acceptors (Lipinski definition) is 3. The van der Waals surface area contributed by atoms with Crippen LogP contribution in [-0.2, 0) is 4.79 Å². The van der Waals surface area contributed by atoms with Gasteiger partial charge in [0.25, 0.3) is 11.8 Å². The number of carbonyl (C=O) groups excluding carboxylic acids is 2. The quantitative estimate of drug-likeness (QED) is 0.561. The van der Waals surface area contributed by atoms with Gasteiger partial charge in [-0.2, -0.15) is 0 Å². The van der Waals surface area contributed by atoms with Gasteiger partial charge in [-0.1, -0.05) is 45.8 Å². The van der Waals surface area contributed by atoms with Crippen LogP contribution in [0.15, 0.2) is 75.3 Å². The molecule has 5 nitrogen and oxygen atoms in total. The molecule has 0 atom stereocenters. The second kappa shape index (κ2) is 8.92. The summed E-state index contributed by atoms with van der Waals surface area (Å²) in [6.07, 6.45) is 1.54. The fourth-order valence-electron chi connectivity index (χ4n) is 2.63. The zero-order valence-corrected chi connectivity index (χ0v) is 18.0. The van der Waals surface area contributed by atoms with Crippen molar-refractivity contribution in [1.29, 1.82) is 0 Å². The number of amides is 2. The van der Waals surface area contributed by atoms with Crippen molar-refractivity contribution in [1.82, 2.24) is 10.2 Å². The molecule has 2 aromatic carbocycles. The molecule has 1 aromatic heterocycles. The number of likely N-dealkylation sites (N-methyl/N-ethyl adjacent to an activating group) is 1. The summed E-state index contributed by atoms with van der Waals surface area (Å²) >= 11 is 3.41. The van der Waals surface area contributed by atoms with E-state index in [1.807, 2.05) is 49.4 Å². The molecule has 0 saturated heterocycles. The Kier molecular flexibility index (Phi) is 6.34. The van der Waals surface area contributed by atoms with E-state index in [1.54, 1.807) is 32.3 Å². The third kappa shape index (κ3) is 5.23. The van der Waals surface area contributed by atoms with Gasteiger partial charge < -0.3 is 14.6 Å². The fourth-order valence-corrected chi connectivity index (χ4v) is 2.90. The molecule has 1 heterocycles. The van der Waals surface area contributed by atoms with Crippen molar-refractivity contribution in [2.45, 2.75) is 6.92 Å². The maximum Gasteiger partial charge on any atom is 0.269 e. The van der Waals surface area contributed by atoms with E-state index in [0.717, 1.165) is 15.6 Å². The molecule has 1 N–H and O–H groups in total. The standard InChI is InChI=1S/C23H21BrN2O3/c1-15-4-6-17(7-5-15)22(27)25-20(23(28)26(2)3)14-19-12-13-21(29-19)16-8-10-18(24)11-9-16/h4-14H,1-3H3,(H,25,27)/b20-14-. The molecule has 3 rings (SSSR count). The van der Waals surface area contributed by atoms with E-state index in [0.29, 0.717) is 17.1 Å². The first kappa shape index (κ1) is 20.6. The van der Waals surface area contributed by atoms with Crippen molar-refractivity contribution >= 4 is 33.8 Å². The zero-order valence-electron chi connectivity index (χ0n) is 16.4. The minimum absolute atomic E-state index is 0.136. The minimum atomic E-state index is -0.355. The smallest absolute Gasteiger partial charge is 0.269 e. The molecule has 0 fully saturated rings. The van der Waals surface area contributed by atoms with Crippen molar-refractivity contribution in [2.24, 2.45) is 0 Å². The predicted octanol–water partition coefficient (Wildman–Crippen LogP) is 4.88. The normalized spacial score (nSPS) is 11.2. The maximum atomic E-state index is 12.6. The van der Waals surface area contributed by atoms with Gasteiger partial charge in [-0.05, 0) is 43.3 Å². The predicted molar refractivity (Wildman–Crippen MR) is 117 cm³/mol. The lowest BCUT2D eigenvalue weighted by atomic mass is 10.1. The molecule has 148 valence electrons. The van der Waals surface area contributed by atoms with Crippen molar-refractivity contribution in [3.8, 4) is 11.3 Å². The highest BCUT2D eigenvalue weighted by Crippen LogP contribution is 2.25. The van der Waals surface area contributed by atoms with Crippen molar-refractivity contribution in [3.05, 3.63) is 87.7 Å². The fraction of sp³-hybridized carbons (Fsp3) is 0.130. The van der Waals surface area contributed by atoms with Crippen LogP contribution in [-0.4, -0.2) is 30.8 Å². The summed E-state index contributed by atoms with van der Waals surface area (Å²) in [5.74, 6) is 0.459. The first-order chi connectivity index (χ1) is 13.8. The summed E-state index contributed by atoms with van der Waals surface area (Å²) in [5.41, 5.74) is 2.58. The molecule has 0 spiro atoms. The van der Waals surface area contributed by atoms with Crippen LogP contribution in [0.4, 0.5) is 0 Å². The highest BCUT2D eigenvalue weighted by Gasteiger charge is 2.17. The summed E-state index contributed by atoms with van der Waals surface area (Å²) in [5, 5.41) is 2.70. The Labute approximate surface area is 178 Å². The van der Waals surface area contributed by atoms with E-state index in [2.05, 4.69) is 21.2 Å². The van der Waals surface area contributed by atoms with Crippen LogP contribution < -0.4 is 5.32 Å². The number of halogens is 1. The number of nitrogens with one attached hydrogen (secondary N) is 1. The van der Waals surface area contributed by atoms with Gasteiger partial charge in [0.05, 0.1) is 0 Å². The van der Waals surface area contributed by atoms with E-state index in [1.165, 1.54) is 11.0 Å². The second-order valence-corrected chi connectivity index (χ2v) is 7.70. The lowest BCUT2D eigenvalue weighted by molar-refractivity contribution is -0.124. The van der Waals surface area contributed by atoms with Gasteiger partial charge in [0.1, 0.15) is 17.2 Å². The van der Waals surface area contributed by atoms with Gasteiger partial charge in [-0.3, -0.25) is 9.59 Å². The molecule has 0 saturated carbocycles. The molecule has 0 aliphatic carbocycles. The van der Waals surface area contributed by atoms with E-state index in [4.69, 9.17) is 4.42 Å². The van der Waals surface area contributed by atoms with Crippen molar-refractivity contribution < 1.29 is 14.0 Å². The summed E-state index contributed by atoms with van der Waals surface area (Å²) in [6, 6.07) is 18.5. The molecule has 0 aliphatic heterocycles. The number of benzene rings is 2. The van der Waals surface area contributed by atoms with Gasteiger partial charge >= 0.3 is 0 Å². The van der Waals surface area contributed by atoms with E-state index in [9.17, 15) is 9.59 Å². The highest BCUT2D eigenvalue weighted by atomic mass is 79.9. The first-order valence-corrected chi connectivity index (χ1v) is 9.80. The number of nitrogens with zero attached hydrogens (tertiary/aromatic N) is 1. The minimum Gasteiger partial charge on any atom is -0.457 e. The van der Waals surface area contributed by atoms with Gasteiger partial charge in [0.2, 0.25) is 0 Å². The highest BCUT2D eigenvalue weighted by molar-refractivity contribution is 9.10. The van der Waals surface area contributed by atoms with E-state index < -0.39 is 0 Å². The van der Waals surface area contributed by atoms with E-state index in [-0.39, 0.29) is 17.5 Å². The summed E-state index contributed by atoms with van der Waals surface area (Å²) in [6.45, 7) is 1.95. The Morgan fingerprint density at radius 3 is 2.24 bits per heavy atom. The van der Waals surface area contributed by atoms with Gasteiger partial charge in [0, 0.05) is 35.8 Å². The van der Waals surface area contributed by atoms with Crippen LogP contribution >= 0.6 is 15.9 Å². The van der Waals surface area contributed by atoms with Crippen LogP contribution in [0.3, 0.4) is 0 Å². The molecule has 0 radical (unpaired) electrons. The number of aryl methyl sites for hydroxylation is 1. The van der Waals surface area contributed by atoms with Crippen LogP contribution in [0.2, 0.25) is 0 Å². The molecular formula is C23H21BrN2O3. The third-order valence-electron chi connectivity index (χ3n) is 4.24.